The third-order valence-electron chi connectivity index (χ3n) is 2.11. The summed E-state index contributed by atoms with van der Waals surface area (Å²) in [6.45, 7) is 5.71. The Morgan fingerprint density at radius 2 is 2.14 bits per heavy atom. The summed E-state index contributed by atoms with van der Waals surface area (Å²) in [5.74, 6) is -0.162. The molecular formula is C9H18N2O2S. The SMILES string of the molecule is COC(C)(C)C(=O)NCC(C)C(N)=S. The molecule has 0 bridgehead atoms. The number of thiocarbonyl (C=S) groups is 1. The first-order valence-electron chi connectivity index (χ1n) is 4.44. The van der Waals surface area contributed by atoms with E-state index in [1.807, 2.05) is 6.92 Å². The number of carbonyl (C=O) groups excluding carboxylic acids is 1. The molecule has 5 heteroatoms. The standard InChI is InChI=1S/C9H18N2O2S/c1-6(7(10)14)5-11-8(12)9(2,3)13-4/h6H,5H2,1-4H3,(H2,10,14)(H,11,12). The predicted molar refractivity (Wildman–Crippen MR) is 60.0 cm³/mol. The lowest BCUT2D eigenvalue weighted by Gasteiger charge is -2.22. The van der Waals surface area contributed by atoms with Crippen LogP contribution < -0.4 is 11.1 Å². The van der Waals surface area contributed by atoms with Crippen molar-refractivity contribution >= 4 is 23.1 Å². The Morgan fingerprint density at radius 1 is 1.64 bits per heavy atom. The molecule has 0 aliphatic rings. The summed E-state index contributed by atoms with van der Waals surface area (Å²) < 4.78 is 5.02. The first kappa shape index (κ1) is 13.3. The van der Waals surface area contributed by atoms with Gasteiger partial charge in [-0.3, -0.25) is 4.79 Å². The van der Waals surface area contributed by atoms with E-state index in [4.69, 9.17) is 22.7 Å². The number of carbonyl (C=O) groups is 1. The zero-order valence-electron chi connectivity index (χ0n) is 9.09. The Morgan fingerprint density at radius 3 is 2.50 bits per heavy atom. The smallest absolute Gasteiger partial charge is 0.251 e. The van der Waals surface area contributed by atoms with Gasteiger partial charge in [0, 0.05) is 19.6 Å². The lowest BCUT2D eigenvalue weighted by atomic mass is 10.1. The van der Waals surface area contributed by atoms with E-state index in [0.717, 1.165) is 0 Å². The number of ether oxygens (including phenoxy) is 1. The van der Waals surface area contributed by atoms with Crippen molar-refractivity contribution in [2.75, 3.05) is 13.7 Å². The fourth-order valence-corrected chi connectivity index (χ4v) is 0.735. The van der Waals surface area contributed by atoms with Gasteiger partial charge in [-0.1, -0.05) is 19.1 Å². The second-order valence-electron chi connectivity index (χ2n) is 3.73. The molecule has 0 radical (unpaired) electrons. The highest BCUT2D eigenvalue weighted by atomic mass is 32.1. The predicted octanol–water partition coefficient (Wildman–Crippen LogP) is 0.450. The Hall–Kier alpha value is -0.680. The normalized spacial score (nSPS) is 13.4. The molecule has 0 aliphatic carbocycles. The van der Waals surface area contributed by atoms with Crippen LogP contribution in [-0.2, 0) is 9.53 Å². The van der Waals surface area contributed by atoms with E-state index in [-0.39, 0.29) is 11.8 Å². The molecule has 0 spiro atoms. The first-order chi connectivity index (χ1) is 6.31. The van der Waals surface area contributed by atoms with Crippen LogP contribution in [0.25, 0.3) is 0 Å². The molecule has 14 heavy (non-hydrogen) atoms. The second-order valence-corrected chi connectivity index (χ2v) is 4.20. The number of rotatable bonds is 5. The molecule has 0 aliphatic heterocycles. The van der Waals surface area contributed by atoms with Crippen LogP contribution in [-0.4, -0.2) is 30.2 Å². The monoisotopic (exact) mass is 218 g/mol. The number of hydrogen-bond donors (Lipinski definition) is 2. The van der Waals surface area contributed by atoms with Gasteiger partial charge in [0.2, 0.25) is 0 Å². The van der Waals surface area contributed by atoms with Crippen molar-refractivity contribution < 1.29 is 9.53 Å². The molecule has 1 unspecified atom stereocenters. The van der Waals surface area contributed by atoms with Gasteiger partial charge in [-0.25, -0.2) is 0 Å². The van der Waals surface area contributed by atoms with Gasteiger partial charge in [-0.05, 0) is 13.8 Å². The summed E-state index contributed by atoms with van der Waals surface area (Å²) >= 11 is 4.79. The summed E-state index contributed by atoms with van der Waals surface area (Å²) in [5.41, 5.74) is 4.60. The maximum absolute atomic E-state index is 11.5. The maximum Gasteiger partial charge on any atom is 0.251 e. The average molecular weight is 218 g/mol. The molecule has 82 valence electrons. The molecule has 0 aromatic heterocycles. The van der Waals surface area contributed by atoms with Crippen molar-refractivity contribution in [3.8, 4) is 0 Å². The Balaban J connectivity index is 4.03. The number of amides is 1. The lowest BCUT2D eigenvalue weighted by molar-refractivity contribution is -0.139. The van der Waals surface area contributed by atoms with Gasteiger partial charge in [0.25, 0.3) is 5.91 Å². The number of nitrogens with two attached hydrogens (primary N) is 1. The van der Waals surface area contributed by atoms with Crippen molar-refractivity contribution in [2.24, 2.45) is 11.7 Å². The minimum Gasteiger partial charge on any atom is -0.393 e. The summed E-state index contributed by atoms with van der Waals surface area (Å²) in [6, 6.07) is 0. The summed E-state index contributed by atoms with van der Waals surface area (Å²) in [6.07, 6.45) is 0. The van der Waals surface area contributed by atoms with Crippen LogP contribution in [0.1, 0.15) is 20.8 Å². The van der Waals surface area contributed by atoms with Gasteiger partial charge >= 0.3 is 0 Å². The maximum atomic E-state index is 11.5. The van der Waals surface area contributed by atoms with Gasteiger partial charge in [-0.2, -0.15) is 0 Å². The van der Waals surface area contributed by atoms with Crippen LogP contribution in [0.2, 0.25) is 0 Å². The highest BCUT2D eigenvalue weighted by Gasteiger charge is 2.26. The van der Waals surface area contributed by atoms with Gasteiger partial charge < -0.3 is 15.8 Å². The molecule has 0 rings (SSSR count). The van der Waals surface area contributed by atoms with Crippen molar-refractivity contribution in [1.82, 2.24) is 5.32 Å². The molecule has 1 amide bonds. The van der Waals surface area contributed by atoms with Crippen molar-refractivity contribution in [3.05, 3.63) is 0 Å². The van der Waals surface area contributed by atoms with Crippen molar-refractivity contribution in [2.45, 2.75) is 26.4 Å². The molecule has 0 saturated carbocycles. The molecule has 0 aromatic carbocycles. The topological polar surface area (TPSA) is 64.3 Å². The van der Waals surface area contributed by atoms with Crippen LogP contribution >= 0.6 is 12.2 Å². The first-order valence-corrected chi connectivity index (χ1v) is 4.85. The summed E-state index contributed by atoms with van der Waals surface area (Å²) in [5, 5.41) is 2.72. The van der Waals surface area contributed by atoms with Crippen LogP contribution in [0.5, 0.6) is 0 Å². The summed E-state index contributed by atoms with van der Waals surface area (Å²) in [4.78, 5) is 11.9. The Kier molecular flexibility index (Phi) is 5.01. The highest BCUT2D eigenvalue weighted by Crippen LogP contribution is 2.07. The van der Waals surface area contributed by atoms with E-state index >= 15 is 0 Å². The van der Waals surface area contributed by atoms with E-state index in [1.54, 1.807) is 13.8 Å². The Labute approximate surface area is 90.2 Å². The van der Waals surface area contributed by atoms with Crippen molar-refractivity contribution in [3.63, 3.8) is 0 Å². The third kappa shape index (κ3) is 4.02. The number of methoxy groups -OCH3 is 1. The van der Waals surface area contributed by atoms with E-state index in [9.17, 15) is 4.79 Å². The molecule has 4 nitrogen and oxygen atoms in total. The van der Waals surface area contributed by atoms with Crippen LogP contribution in [0.3, 0.4) is 0 Å². The van der Waals surface area contributed by atoms with E-state index in [1.165, 1.54) is 7.11 Å². The van der Waals surface area contributed by atoms with Gasteiger partial charge in [-0.15, -0.1) is 0 Å². The zero-order chi connectivity index (χ0) is 11.4. The Bertz CT molecular complexity index is 229. The summed E-state index contributed by atoms with van der Waals surface area (Å²) in [7, 11) is 1.50. The van der Waals surface area contributed by atoms with Crippen LogP contribution in [0.4, 0.5) is 0 Å². The lowest BCUT2D eigenvalue weighted by Crippen LogP contribution is -2.46. The van der Waals surface area contributed by atoms with E-state index in [2.05, 4.69) is 5.32 Å². The third-order valence-corrected chi connectivity index (χ3v) is 2.51. The van der Waals surface area contributed by atoms with Crippen LogP contribution in [0, 0.1) is 5.92 Å². The van der Waals surface area contributed by atoms with Gasteiger partial charge in [0.1, 0.15) is 5.60 Å². The largest absolute Gasteiger partial charge is 0.393 e. The van der Waals surface area contributed by atoms with Crippen LogP contribution in [0.15, 0.2) is 0 Å². The molecule has 0 heterocycles. The second kappa shape index (κ2) is 5.26. The molecule has 1 atom stereocenters. The van der Waals surface area contributed by atoms with E-state index < -0.39 is 5.60 Å². The molecule has 0 saturated heterocycles. The molecule has 3 N–H and O–H groups in total. The minimum atomic E-state index is -0.810. The van der Waals surface area contributed by atoms with Crippen molar-refractivity contribution in [1.29, 1.82) is 0 Å². The minimum absolute atomic E-state index is 0.00149. The molecule has 0 aromatic rings. The number of hydrogen-bond acceptors (Lipinski definition) is 3. The quantitative estimate of drug-likeness (QED) is 0.658. The fourth-order valence-electron chi connectivity index (χ4n) is 0.652. The molecular weight excluding hydrogens is 200 g/mol. The molecule has 0 fully saturated rings. The number of nitrogens with one attached hydrogen (secondary N) is 1. The van der Waals surface area contributed by atoms with Gasteiger partial charge in [0.05, 0.1) is 4.99 Å². The highest BCUT2D eigenvalue weighted by molar-refractivity contribution is 7.80. The fraction of sp³-hybridized carbons (Fsp3) is 0.778. The van der Waals surface area contributed by atoms with Gasteiger partial charge in [0.15, 0.2) is 0 Å². The zero-order valence-corrected chi connectivity index (χ0v) is 9.90. The average Bonchev–Trinajstić information content (AvgIpc) is 2.13. The van der Waals surface area contributed by atoms with E-state index in [0.29, 0.717) is 11.5 Å².